The van der Waals surface area contributed by atoms with E-state index in [1.54, 1.807) is 13.3 Å². The molecule has 19 heavy (non-hydrogen) atoms. The highest BCUT2D eigenvalue weighted by atomic mass is 16.5. The first-order valence-electron chi connectivity index (χ1n) is 7.04. The van der Waals surface area contributed by atoms with E-state index in [1.807, 2.05) is 12.1 Å². The van der Waals surface area contributed by atoms with Crippen molar-refractivity contribution in [1.82, 2.24) is 10.3 Å². The Bertz CT molecular complexity index is 414. The maximum atomic E-state index is 11.9. The van der Waals surface area contributed by atoms with E-state index < -0.39 is 0 Å². The van der Waals surface area contributed by atoms with Crippen LogP contribution in [0, 0.1) is 5.92 Å². The molecule has 4 heteroatoms. The van der Waals surface area contributed by atoms with Gasteiger partial charge in [-0.3, -0.25) is 4.79 Å². The molecule has 104 valence electrons. The summed E-state index contributed by atoms with van der Waals surface area (Å²) in [5.74, 6) is 1.29. The Morgan fingerprint density at radius 2 is 2.21 bits per heavy atom. The summed E-state index contributed by atoms with van der Waals surface area (Å²) in [6.45, 7) is 0.489. The van der Waals surface area contributed by atoms with Crippen LogP contribution in [0.25, 0.3) is 0 Å². The van der Waals surface area contributed by atoms with Crippen LogP contribution in [-0.2, 0) is 11.3 Å². The molecular weight excluding hydrogens is 240 g/mol. The van der Waals surface area contributed by atoms with Crippen molar-refractivity contribution in [2.45, 2.75) is 45.1 Å². The standard InChI is InChI=1S/C15H22N2O2/c1-19-15-13(8-5-9-16-15)11-17-14(18)10-12-6-3-2-4-7-12/h5,8-9,12H,2-4,6-7,10-11H2,1H3,(H,17,18). The predicted octanol–water partition coefficient (Wildman–Crippen LogP) is 2.68. The molecule has 1 aromatic rings. The second-order valence-corrected chi connectivity index (χ2v) is 5.16. The number of aromatic nitrogens is 1. The highest BCUT2D eigenvalue weighted by molar-refractivity contribution is 5.76. The number of hydrogen-bond donors (Lipinski definition) is 1. The van der Waals surface area contributed by atoms with Gasteiger partial charge in [0.2, 0.25) is 11.8 Å². The van der Waals surface area contributed by atoms with Crippen molar-refractivity contribution >= 4 is 5.91 Å². The van der Waals surface area contributed by atoms with Crippen LogP contribution in [0.15, 0.2) is 18.3 Å². The maximum Gasteiger partial charge on any atom is 0.220 e. The van der Waals surface area contributed by atoms with Gasteiger partial charge in [0.1, 0.15) is 0 Å². The van der Waals surface area contributed by atoms with Gasteiger partial charge in [0, 0.05) is 24.7 Å². The minimum absolute atomic E-state index is 0.137. The van der Waals surface area contributed by atoms with Crippen molar-refractivity contribution < 1.29 is 9.53 Å². The third-order valence-electron chi connectivity index (χ3n) is 3.72. The zero-order valence-electron chi connectivity index (χ0n) is 11.5. The van der Waals surface area contributed by atoms with E-state index in [2.05, 4.69) is 10.3 Å². The average Bonchev–Trinajstić information content (AvgIpc) is 2.46. The molecule has 1 aliphatic carbocycles. The maximum absolute atomic E-state index is 11.9. The van der Waals surface area contributed by atoms with E-state index in [-0.39, 0.29) is 5.91 Å². The summed E-state index contributed by atoms with van der Waals surface area (Å²) < 4.78 is 5.17. The Morgan fingerprint density at radius 1 is 1.42 bits per heavy atom. The summed E-state index contributed by atoms with van der Waals surface area (Å²) in [7, 11) is 1.59. The predicted molar refractivity (Wildman–Crippen MR) is 73.8 cm³/mol. The Kier molecular flexibility index (Phi) is 5.19. The van der Waals surface area contributed by atoms with Crippen LogP contribution in [0.1, 0.15) is 44.1 Å². The molecule has 1 fully saturated rings. The van der Waals surface area contributed by atoms with Gasteiger partial charge in [0.05, 0.1) is 7.11 Å². The molecule has 1 amide bonds. The quantitative estimate of drug-likeness (QED) is 0.887. The molecule has 0 aliphatic heterocycles. The average molecular weight is 262 g/mol. The Hall–Kier alpha value is -1.58. The van der Waals surface area contributed by atoms with E-state index >= 15 is 0 Å². The molecule has 1 heterocycles. The van der Waals surface area contributed by atoms with Crippen LogP contribution in [-0.4, -0.2) is 18.0 Å². The van der Waals surface area contributed by atoms with Crippen molar-refractivity contribution in [3.05, 3.63) is 23.9 Å². The number of carbonyl (C=O) groups excluding carboxylic acids is 1. The molecular formula is C15H22N2O2. The monoisotopic (exact) mass is 262 g/mol. The minimum atomic E-state index is 0.137. The summed E-state index contributed by atoms with van der Waals surface area (Å²) in [4.78, 5) is 16.0. The molecule has 0 aromatic carbocycles. The van der Waals surface area contributed by atoms with Gasteiger partial charge in [-0.1, -0.05) is 25.3 Å². The number of carbonyl (C=O) groups is 1. The largest absolute Gasteiger partial charge is 0.481 e. The third kappa shape index (κ3) is 4.23. The highest BCUT2D eigenvalue weighted by Gasteiger charge is 2.17. The molecule has 0 atom stereocenters. The van der Waals surface area contributed by atoms with Crippen molar-refractivity contribution in [2.75, 3.05) is 7.11 Å². The van der Waals surface area contributed by atoms with Gasteiger partial charge in [-0.15, -0.1) is 0 Å². The summed E-state index contributed by atoms with van der Waals surface area (Å²) in [5.41, 5.74) is 0.919. The lowest BCUT2D eigenvalue weighted by Crippen LogP contribution is -2.26. The van der Waals surface area contributed by atoms with E-state index in [1.165, 1.54) is 32.1 Å². The molecule has 2 rings (SSSR count). The van der Waals surface area contributed by atoms with Gasteiger partial charge in [-0.25, -0.2) is 4.98 Å². The lowest BCUT2D eigenvalue weighted by atomic mass is 9.87. The molecule has 1 N–H and O–H groups in total. The number of methoxy groups -OCH3 is 1. The number of nitrogens with zero attached hydrogens (tertiary/aromatic N) is 1. The lowest BCUT2D eigenvalue weighted by Gasteiger charge is -2.20. The molecule has 0 radical (unpaired) electrons. The fourth-order valence-corrected chi connectivity index (χ4v) is 2.66. The molecule has 0 bridgehead atoms. The van der Waals surface area contributed by atoms with Gasteiger partial charge < -0.3 is 10.1 Å². The van der Waals surface area contributed by atoms with Crippen LogP contribution in [0.3, 0.4) is 0 Å². The first-order chi connectivity index (χ1) is 9.29. The Morgan fingerprint density at radius 3 is 2.95 bits per heavy atom. The fraction of sp³-hybridized carbons (Fsp3) is 0.600. The number of hydrogen-bond acceptors (Lipinski definition) is 3. The zero-order valence-corrected chi connectivity index (χ0v) is 11.5. The van der Waals surface area contributed by atoms with Gasteiger partial charge >= 0.3 is 0 Å². The number of amides is 1. The molecule has 1 aliphatic rings. The van der Waals surface area contributed by atoms with Crippen molar-refractivity contribution in [3.63, 3.8) is 0 Å². The topological polar surface area (TPSA) is 51.2 Å². The Labute approximate surface area is 114 Å². The van der Waals surface area contributed by atoms with E-state index in [4.69, 9.17) is 4.74 Å². The van der Waals surface area contributed by atoms with Crippen LogP contribution >= 0.6 is 0 Å². The van der Waals surface area contributed by atoms with E-state index in [0.717, 1.165) is 5.56 Å². The first-order valence-corrected chi connectivity index (χ1v) is 7.04. The number of ether oxygens (including phenoxy) is 1. The molecule has 0 unspecified atom stereocenters. The van der Waals surface area contributed by atoms with Crippen LogP contribution in [0.2, 0.25) is 0 Å². The van der Waals surface area contributed by atoms with Gasteiger partial charge in [0.15, 0.2) is 0 Å². The molecule has 1 aromatic heterocycles. The van der Waals surface area contributed by atoms with Crippen molar-refractivity contribution in [3.8, 4) is 5.88 Å². The summed E-state index contributed by atoms with van der Waals surface area (Å²) in [5, 5.41) is 2.96. The fourth-order valence-electron chi connectivity index (χ4n) is 2.66. The van der Waals surface area contributed by atoms with Crippen LogP contribution < -0.4 is 10.1 Å². The summed E-state index contributed by atoms with van der Waals surface area (Å²) in [6, 6.07) is 3.78. The smallest absolute Gasteiger partial charge is 0.220 e. The minimum Gasteiger partial charge on any atom is -0.481 e. The van der Waals surface area contributed by atoms with Gasteiger partial charge in [-0.05, 0) is 24.8 Å². The second kappa shape index (κ2) is 7.12. The number of nitrogens with one attached hydrogen (secondary N) is 1. The second-order valence-electron chi connectivity index (χ2n) is 5.16. The molecule has 1 saturated carbocycles. The lowest BCUT2D eigenvalue weighted by molar-refractivity contribution is -0.122. The van der Waals surface area contributed by atoms with E-state index in [0.29, 0.717) is 24.8 Å². The van der Waals surface area contributed by atoms with Crippen LogP contribution in [0.4, 0.5) is 0 Å². The zero-order chi connectivity index (χ0) is 13.5. The van der Waals surface area contributed by atoms with Gasteiger partial charge in [-0.2, -0.15) is 0 Å². The molecule has 0 spiro atoms. The highest BCUT2D eigenvalue weighted by Crippen LogP contribution is 2.26. The molecule has 0 saturated heterocycles. The summed E-state index contributed by atoms with van der Waals surface area (Å²) in [6.07, 6.45) is 8.61. The van der Waals surface area contributed by atoms with Gasteiger partial charge in [0.25, 0.3) is 0 Å². The number of rotatable bonds is 5. The number of pyridine rings is 1. The summed E-state index contributed by atoms with van der Waals surface area (Å²) >= 11 is 0. The van der Waals surface area contributed by atoms with Crippen LogP contribution in [0.5, 0.6) is 5.88 Å². The SMILES string of the molecule is COc1ncccc1CNC(=O)CC1CCCCC1. The third-order valence-corrected chi connectivity index (χ3v) is 3.72. The van der Waals surface area contributed by atoms with Crippen molar-refractivity contribution in [1.29, 1.82) is 0 Å². The molecule has 4 nitrogen and oxygen atoms in total. The normalized spacial score (nSPS) is 16.1. The van der Waals surface area contributed by atoms with E-state index in [9.17, 15) is 4.79 Å². The first kappa shape index (κ1) is 13.8. The Balaban J connectivity index is 1.79. The van der Waals surface area contributed by atoms with Crippen molar-refractivity contribution in [2.24, 2.45) is 5.92 Å².